The summed E-state index contributed by atoms with van der Waals surface area (Å²) in [6, 6.07) is 1.47. The van der Waals surface area contributed by atoms with Crippen molar-refractivity contribution in [1.29, 1.82) is 0 Å². The summed E-state index contributed by atoms with van der Waals surface area (Å²) < 4.78 is 51.2. The van der Waals surface area contributed by atoms with Gasteiger partial charge in [0.25, 0.3) is 0 Å². The van der Waals surface area contributed by atoms with Crippen LogP contribution in [0.25, 0.3) is 0 Å². The van der Waals surface area contributed by atoms with Crippen LogP contribution in [-0.4, -0.2) is 70.0 Å². The summed E-state index contributed by atoms with van der Waals surface area (Å²) in [5.41, 5.74) is -0.803. The number of ether oxygens (including phenoxy) is 1. The average Bonchev–Trinajstić information content (AvgIpc) is 2.86. The molecule has 6 N–H and O–H groups in total. The van der Waals surface area contributed by atoms with Crippen molar-refractivity contribution < 1.29 is 61.4 Å². The molecule has 6 atom stereocenters. The normalized spacial score (nSPS) is 28.2. The largest absolute Gasteiger partial charge is 0.490 e. The van der Waals surface area contributed by atoms with E-state index in [2.05, 4.69) is 18.1 Å². The van der Waals surface area contributed by atoms with E-state index in [1.807, 2.05) is 6.92 Å². The van der Waals surface area contributed by atoms with E-state index < -0.39 is 60.3 Å². The monoisotopic (exact) mass is 528 g/mol. The van der Waals surface area contributed by atoms with E-state index in [1.165, 1.54) is 24.0 Å². The Kier molecular flexibility index (Phi) is 8.81. The van der Waals surface area contributed by atoms with Gasteiger partial charge in [-0.25, -0.2) is 18.5 Å². The SMILES string of the molecule is CCSc1ccn([C@@H]2O[C@H](COP(=O)(O)OP(=O)(O)OP(=O)(O)O)[C@@H](O)[C@H]2O)c(=O)n1. The molecule has 20 heteroatoms. The van der Waals surface area contributed by atoms with Crippen LogP contribution in [0.1, 0.15) is 13.2 Å². The first-order chi connectivity index (χ1) is 14.1. The summed E-state index contributed by atoms with van der Waals surface area (Å²) in [5, 5.41) is 20.6. The van der Waals surface area contributed by atoms with Crippen molar-refractivity contribution in [1.82, 2.24) is 9.55 Å². The highest BCUT2D eigenvalue weighted by Crippen LogP contribution is 2.66. The van der Waals surface area contributed by atoms with Crippen molar-refractivity contribution in [3.05, 3.63) is 22.7 Å². The number of aliphatic hydroxyl groups is 2. The number of aliphatic hydroxyl groups excluding tert-OH is 2. The summed E-state index contributed by atoms with van der Waals surface area (Å²) >= 11 is 1.29. The Hall–Kier alpha value is -0.480. The summed E-state index contributed by atoms with van der Waals surface area (Å²) in [6.45, 7) is 0.852. The van der Waals surface area contributed by atoms with Crippen molar-refractivity contribution >= 4 is 35.2 Å². The molecule has 16 nitrogen and oxygen atoms in total. The molecular weight excluding hydrogens is 509 g/mol. The van der Waals surface area contributed by atoms with Crippen molar-refractivity contribution in [3.63, 3.8) is 0 Å². The number of nitrogens with zero attached hydrogens (tertiary/aromatic N) is 2. The van der Waals surface area contributed by atoms with Gasteiger partial charge in [0.05, 0.1) is 6.61 Å². The first-order valence-corrected chi connectivity index (χ1v) is 13.7. The molecule has 0 spiro atoms. The second kappa shape index (κ2) is 10.2. The maximum absolute atomic E-state index is 12.1. The number of thioether (sulfide) groups is 1. The Morgan fingerprint density at radius 3 is 2.32 bits per heavy atom. The molecule has 1 aromatic rings. The van der Waals surface area contributed by atoms with Crippen molar-refractivity contribution in [2.24, 2.45) is 0 Å². The van der Waals surface area contributed by atoms with Crippen LogP contribution in [0.5, 0.6) is 0 Å². The number of hydrogen-bond acceptors (Lipinski definition) is 12. The lowest BCUT2D eigenvalue weighted by molar-refractivity contribution is -0.0543. The van der Waals surface area contributed by atoms with Gasteiger partial charge in [0.2, 0.25) is 0 Å². The fourth-order valence-corrected chi connectivity index (χ4v) is 6.01. The number of hydrogen-bond donors (Lipinski definition) is 6. The van der Waals surface area contributed by atoms with Gasteiger partial charge in [0, 0.05) is 6.20 Å². The molecule has 0 aliphatic carbocycles. The van der Waals surface area contributed by atoms with Crippen molar-refractivity contribution in [2.75, 3.05) is 12.4 Å². The first-order valence-electron chi connectivity index (χ1n) is 8.16. The lowest BCUT2D eigenvalue weighted by Gasteiger charge is -2.19. The Morgan fingerprint density at radius 2 is 1.77 bits per heavy atom. The Balaban J connectivity index is 2.05. The number of rotatable bonds is 10. The standard InChI is InChI=1S/C11H19N2O14P3S/c1-2-31-7-3-4-13(11(16)12-7)10-9(15)8(14)6(25-10)5-24-29(20,21)27-30(22,23)26-28(17,18)19/h3-4,6,8-10,14-15H,2,5H2,1H3,(H,20,21)(H,22,23)(H2,17,18,19)/t6-,8-,9-,10-/m1/s1. The van der Waals surface area contributed by atoms with Gasteiger partial charge in [-0.2, -0.15) is 13.6 Å². The van der Waals surface area contributed by atoms with E-state index in [1.54, 1.807) is 0 Å². The van der Waals surface area contributed by atoms with Crippen LogP contribution in [-0.2, 0) is 31.6 Å². The van der Waals surface area contributed by atoms with Crippen LogP contribution in [0.15, 0.2) is 22.1 Å². The molecule has 1 aromatic heterocycles. The molecule has 0 saturated carbocycles. The topological polar surface area (TPSA) is 244 Å². The van der Waals surface area contributed by atoms with Gasteiger partial charge in [-0.15, -0.1) is 11.8 Å². The second-order valence-electron chi connectivity index (χ2n) is 5.82. The third kappa shape index (κ3) is 7.81. The van der Waals surface area contributed by atoms with Gasteiger partial charge in [-0.1, -0.05) is 6.92 Å². The Bertz CT molecular complexity index is 982. The highest BCUT2D eigenvalue weighted by Gasteiger charge is 2.46. The van der Waals surface area contributed by atoms with E-state index in [9.17, 15) is 33.6 Å². The van der Waals surface area contributed by atoms with Crippen LogP contribution >= 0.6 is 35.2 Å². The van der Waals surface area contributed by atoms with Crippen molar-refractivity contribution in [2.45, 2.75) is 36.5 Å². The van der Waals surface area contributed by atoms with Crippen LogP contribution < -0.4 is 5.69 Å². The molecule has 0 aromatic carbocycles. The molecule has 1 fully saturated rings. The smallest absolute Gasteiger partial charge is 0.387 e. The van der Waals surface area contributed by atoms with E-state index in [-0.39, 0.29) is 0 Å². The van der Waals surface area contributed by atoms with Crippen LogP contribution in [0.3, 0.4) is 0 Å². The maximum Gasteiger partial charge on any atom is 0.490 e. The third-order valence-corrected chi connectivity index (χ3v) is 8.14. The fraction of sp³-hybridized carbons (Fsp3) is 0.636. The van der Waals surface area contributed by atoms with Gasteiger partial charge < -0.3 is 34.5 Å². The van der Waals surface area contributed by atoms with Gasteiger partial charge in [0.15, 0.2) is 6.23 Å². The molecule has 0 radical (unpaired) electrons. The van der Waals surface area contributed by atoms with E-state index in [4.69, 9.17) is 19.4 Å². The number of phosphoric ester groups is 1. The minimum absolute atomic E-state index is 0.418. The zero-order chi connectivity index (χ0) is 23.6. The molecule has 2 rings (SSSR count). The summed E-state index contributed by atoms with van der Waals surface area (Å²) in [6.07, 6.45) is -5.10. The molecule has 2 unspecified atom stereocenters. The molecular formula is C11H19N2O14P3S. The molecule has 178 valence electrons. The zero-order valence-electron chi connectivity index (χ0n) is 15.5. The third-order valence-electron chi connectivity index (χ3n) is 3.53. The number of aromatic nitrogens is 2. The first kappa shape index (κ1) is 26.8. The van der Waals surface area contributed by atoms with E-state index in [0.717, 1.165) is 4.57 Å². The van der Waals surface area contributed by atoms with Crippen molar-refractivity contribution in [3.8, 4) is 0 Å². The quantitative estimate of drug-likeness (QED) is 0.125. The van der Waals surface area contributed by atoms with Gasteiger partial charge in [0.1, 0.15) is 23.3 Å². The maximum atomic E-state index is 12.1. The molecule has 1 aliphatic heterocycles. The molecule has 1 aliphatic rings. The van der Waals surface area contributed by atoms with Crippen LogP contribution in [0.2, 0.25) is 0 Å². The summed E-state index contributed by atoms with van der Waals surface area (Å²) in [7, 11) is -16.7. The predicted octanol–water partition coefficient (Wildman–Crippen LogP) is -0.682. The van der Waals surface area contributed by atoms with Gasteiger partial charge in [-0.05, 0) is 11.8 Å². The summed E-state index contributed by atoms with van der Waals surface area (Å²) in [4.78, 5) is 51.4. The van der Waals surface area contributed by atoms with Gasteiger partial charge in [-0.3, -0.25) is 9.09 Å². The highest BCUT2D eigenvalue weighted by molar-refractivity contribution is 7.99. The van der Waals surface area contributed by atoms with Gasteiger partial charge >= 0.3 is 29.2 Å². The Morgan fingerprint density at radius 1 is 1.13 bits per heavy atom. The fourth-order valence-electron chi connectivity index (χ4n) is 2.39. The lowest BCUT2D eigenvalue weighted by Crippen LogP contribution is -2.36. The molecule has 0 bridgehead atoms. The molecule has 1 saturated heterocycles. The van der Waals surface area contributed by atoms with E-state index >= 15 is 0 Å². The lowest BCUT2D eigenvalue weighted by atomic mass is 10.1. The minimum Gasteiger partial charge on any atom is -0.387 e. The highest BCUT2D eigenvalue weighted by atomic mass is 32.2. The molecule has 0 amide bonds. The number of phosphoric acid groups is 3. The zero-order valence-corrected chi connectivity index (χ0v) is 19.0. The van der Waals surface area contributed by atoms with E-state index in [0.29, 0.717) is 10.8 Å². The Labute approximate surface area is 178 Å². The minimum atomic E-state index is -5.71. The van der Waals surface area contributed by atoms with Crippen LogP contribution in [0, 0.1) is 0 Å². The average molecular weight is 528 g/mol. The molecule has 2 heterocycles. The van der Waals surface area contributed by atoms with Crippen LogP contribution in [0.4, 0.5) is 0 Å². The predicted molar refractivity (Wildman–Crippen MR) is 101 cm³/mol. The molecule has 31 heavy (non-hydrogen) atoms. The second-order valence-corrected chi connectivity index (χ2v) is 11.5. The summed E-state index contributed by atoms with van der Waals surface area (Å²) in [5.74, 6) is 0.653.